The summed E-state index contributed by atoms with van der Waals surface area (Å²) in [6.45, 7) is 8.69. The zero-order valence-electron chi connectivity index (χ0n) is 9.49. The van der Waals surface area contributed by atoms with Crippen LogP contribution in [0.2, 0.25) is 0 Å². The van der Waals surface area contributed by atoms with Crippen LogP contribution in [0, 0.1) is 11.8 Å². The predicted octanol–water partition coefficient (Wildman–Crippen LogP) is 2.27. The maximum atomic E-state index is 4.43. The average molecular weight is 193 g/mol. The quantitative estimate of drug-likeness (QED) is 0.736. The molecule has 3 nitrogen and oxygen atoms in total. The molecule has 0 spiro atoms. The van der Waals surface area contributed by atoms with E-state index in [1.807, 2.05) is 0 Å². The molecule has 0 aromatic carbocycles. The van der Waals surface area contributed by atoms with Crippen molar-refractivity contribution in [2.45, 2.75) is 40.5 Å². The summed E-state index contributed by atoms with van der Waals surface area (Å²) in [5.41, 5.74) is 0. The summed E-state index contributed by atoms with van der Waals surface area (Å²) >= 11 is 0. The molecule has 1 aromatic rings. The van der Waals surface area contributed by atoms with Crippen molar-refractivity contribution in [3.05, 3.63) is 18.0 Å². The van der Waals surface area contributed by atoms with Gasteiger partial charge in [-0.05, 0) is 11.8 Å². The van der Waals surface area contributed by atoms with Crippen LogP contribution in [-0.2, 0) is 12.8 Å². The zero-order chi connectivity index (χ0) is 10.6. The molecule has 1 rings (SSSR count). The van der Waals surface area contributed by atoms with Crippen molar-refractivity contribution in [1.29, 1.82) is 0 Å². The molecule has 78 valence electrons. The van der Waals surface area contributed by atoms with E-state index < -0.39 is 0 Å². The Morgan fingerprint density at radius 3 is 1.71 bits per heavy atom. The van der Waals surface area contributed by atoms with Gasteiger partial charge in [-0.1, -0.05) is 27.7 Å². The number of nitrogens with zero attached hydrogens (tertiary/aromatic N) is 3. The van der Waals surface area contributed by atoms with Crippen LogP contribution in [0.25, 0.3) is 0 Å². The van der Waals surface area contributed by atoms with Crippen molar-refractivity contribution in [3.8, 4) is 0 Å². The molecule has 3 heteroatoms. The maximum Gasteiger partial charge on any atom is 0.132 e. The second-order valence-electron chi connectivity index (χ2n) is 4.51. The number of aromatic nitrogens is 3. The molecule has 0 unspecified atom stereocenters. The molecule has 1 aromatic heterocycles. The minimum absolute atomic E-state index is 0.601. The summed E-state index contributed by atoms with van der Waals surface area (Å²) < 4.78 is 0. The second kappa shape index (κ2) is 5.03. The Morgan fingerprint density at radius 2 is 1.36 bits per heavy atom. The highest BCUT2D eigenvalue weighted by atomic mass is 15.0. The lowest BCUT2D eigenvalue weighted by Crippen LogP contribution is -2.07. The van der Waals surface area contributed by atoms with Crippen molar-refractivity contribution < 1.29 is 0 Å². The molecule has 0 fully saturated rings. The van der Waals surface area contributed by atoms with Crippen molar-refractivity contribution in [1.82, 2.24) is 15.0 Å². The Kier molecular flexibility index (Phi) is 3.98. The van der Waals surface area contributed by atoms with Gasteiger partial charge >= 0.3 is 0 Å². The van der Waals surface area contributed by atoms with Crippen LogP contribution in [0.5, 0.6) is 0 Å². The highest BCUT2D eigenvalue weighted by Crippen LogP contribution is 2.05. The molecule has 0 bridgehead atoms. The smallest absolute Gasteiger partial charge is 0.132 e. The van der Waals surface area contributed by atoms with E-state index in [2.05, 4.69) is 42.6 Å². The van der Waals surface area contributed by atoms with Crippen LogP contribution in [-0.4, -0.2) is 15.0 Å². The van der Waals surface area contributed by atoms with Crippen LogP contribution in [0.4, 0.5) is 0 Å². The molecule has 0 saturated carbocycles. The lowest BCUT2D eigenvalue weighted by atomic mass is 10.1. The van der Waals surface area contributed by atoms with E-state index in [-0.39, 0.29) is 0 Å². The third kappa shape index (κ3) is 3.81. The van der Waals surface area contributed by atoms with E-state index in [1.165, 1.54) is 0 Å². The standard InChI is InChI=1S/C11H19N3/c1-8(2)5-10-12-7-13-11(14-10)6-9(3)4/h7-9H,5-6H2,1-4H3. The highest BCUT2D eigenvalue weighted by Gasteiger charge is 2.04. The van der Waals surface area contributed by atoms with E-state index in [1.54, 1.807) is 6.33 Å². The maximum absolute atomic E-state index is 4.43. The summed E-state index contributed by atoms with van der Waals surface area (Å²) in [6.07, 6.45) is 3.50. The predicted molar refractivity (Wildman–Crippen MR) is 56.9 cm³/mol. The van der Waals surface area contributed by atoms with Gasteiger partial charge in [-0.2, -0.15) is 0 Å². The van der Waals surface area contributed by atoms with Gasteiger partial charge in [0.1, 0.15) is 18.0 Å². The highest BCUT2D eigenvalue weighted by molar-refractivity contribution is 4.92. The average Bonchev–Trinajstić information content (AvgIpc) is 2.01. The number of rotatable bonds is 4. The van der Waals surface area contributed by atoms with Crippen molar-refractivity contribution in [2.24, 2.45) is 11.8 Å². The lowest BCUT2D eigenvalue weighted by molar-refractivity contribution is 0.587. The first kappa shape index (κ1) is 11.1. The van der Waals surface area contributed by atoms with Gasteiger partial charge in [0.2, 0.25) is 0 Å². The van der Waals surface area contributed by atoms with Gasteiger partial charge in [0.25, 0.3) is 0 Å². The van der Waals surface area contributed by atoms with Crippen LogP contribution < -0.4 is 0 Å². The van der Waals surface area contributed by atoms with Gasteiger partial charge in [-0.15, -0.1) is 0 Å². The van der Waals surface area contributed by atoms with Crippen molar-refractivity contribution in [2.75, 3.05) is 0 Å². The van der Waals surface area contributed by atoms with Crippen molar-refractivity contribution in [3.63, 3.8) is 0 Å². The van der Waals surface area contributed by atoms with Crippen LogP contribution in [0.1, 0.15) is 39.3 Å². The molecule has 0 N–H and O–H groups in total. The largest absolute Gasteiger partial charge is 0.221 e. The Hall–Kier alpha value is -0.990. The molecule has 14 heavy (non-hydrogen) atoms. The number of hydrogen-bond donors (Lipinski definition) is 0. The van der Waals surface area contributed by atoms with Gasteiger partial charge in [0.05, 0.1) is 0 Å². The summed E-state index contributed by atoms with van der Waals surface area (Å²) in [4.78, 5) is 12.8. The Labute approximate surface area is 86.0 Å². The Morgan fingerprint density at radius 1 is 0.929 bits per heavy atom. The van der Waals surface area contributed by atoms with E-state index >= 15 is 0 Å². The SMILES string of the molecule is CC(C)Cc1ncnc(CC(C)C)n1. The van der Waals surface area contributed by atoms with Gasteiger partial charge in [-0.25, -0.2) is 15.0 Å². The molecule has 0 aliphatic rings. The summed E-state index contributed by atoms with van der Waals surface area (Å²) in [7, 11) is 0. The monoisotopic (exact) mass is 193 g/mol. The normalized spacial score (nSPS) is 11.3. The molecule has 0 atom stereocenters. The lowest BCUT2D eigenvalue weighted by Gasteiger charge is -2.06. The molecular formula is C11H19N3. The third-order valence-corrected chi connectivity index (χ3v) is 1.85. The Bertz CT molecular complexity index is 256. The summed E-state index contributed by atoms with van der Waals surface area (Å²) in [5.74, 6) is 3.05. The van der Waals surface area contributed by atoms with E-state index in [0.29, 0.717) is 11.8 Å². The van der Waals surface area contributed by atoms with Crippen LogP contribution >= 0.6 is 0 Å². The van der Waals surface area contributed by atoms with Crippen LogP contribution in [0.15, 0.2) is 6.33 Å². The Balaban J connectivity index is 2.68. The molecule has 0 radical (unpaired) electrons. The fourth-order valence-electron chi connectivity index (χ4n) is 1.30. The first-order valence-corrected chi connectivity index (χ1v) is 5.24. The first-order valence-electron chi connectivity index (χ1n) is 5.24. The van der Waals surface area contributed by atoms with Crippen molar-refractivity contribution >= 4 is 0 Å². The third-order valence-electron chi connectivity index (χ3n) is 1.85. The molecular weight excluding hydrogens is 174 g/mol. The number of hydrogen-bond acceptors (Lipinski definition) is 3. The van der Waals surface area contributed by atoms with Gasteiger partial charge in [0, 0.05) is 12.8 Å². The molecule has 0 aliphatic heterocycles. The molecule has 0 saturated heterocycles. The van der Waals surface area contributed by atoms with Gasteiger partial charge in [-0.3, -0.25) is 0 Å². The molecule has 1 heterocycles. The first-order chi connectivity index (χ1) is 6.58. The summed E-state index contributed by atoms with van der Waals surface area (Å²) in [5, 5.41) is 0. The zero-order valence-corrected chi connectivity index (χ0v) is 9.49. The minimum Gasteiger partial charge on any atom is -0.221 e. The fourth-order valence-corrected chi connectivity index (χ4v) is 1.30. The topological polar surface area (TPSA) is 38.7 Å². The minimum atomic E-state index is 0.601. The molecule has 0 amide bonds. The molecule has 0 aliphatic carbocycles. The van der Waals surface area contributed by atoms with Crippen LogP contribution in [0.3, 0.4) is 0 Å². The van der Waals surface area contributed by atoms with Gasteiger partial charge < -0.3 is 0 Å². The van der Waals surface area contributed by atoms with E-state index in [4.69, 9.17) is 0 Å². The summed E-state index contributed by atoms with van der Waals surface area (Å²) in [6, 6.07) is 0. The van der Waals surface area contributed by atoms with E-state index in [0.717, 1.165) is 24.5 Å². The second-order valence-corrected chi connectivity index (χ2v) is 4.51. The van der Waals surface area contributed by atoms with Gasteiger partial charge in [0.15, 0.2) is 0 Å². The fraction of sp³-hybridized carbons (Fsp3) is 0.727. The van der Waals surface area contributed by atoms with E-state index in [9.17, 15) is 0 Å².